The van der Waals surface area contributed by atoms with E-state index in [1.807, 2.05) is 24.3 Å². The van der Waals surface area contributed by atoms with E-state index in [2.05, 4.69) is 10.1 Å². The Balaban J connectivity index is 1.82. The van der Waals surface area contributed by atoms with Crippen molar-refractivity contribution < 1.29 is 5.11 Å². The average molecular weight is 278 g/mol. The summed E-state index contributed by atoms with van der Waals surface area (Å²) in [6.45, 7) is 0.461. The molecule has 0 amide bonds. The molecule has 1 aromatic heterocycles. The highest BCUT2D eigenvalue weighted by Crippen LogP contribution is 2.43. The summed E-state index contributed by atoms with van der Waals surface area (Å²) in [5.41, 5.74) is 0.192. The molecule has 1 aliphatic rings. The molecule has 5 heteroatoms. The van der Waals surface area contributed by atoms with Crippen LogP contribution in [0.15, 0.2) is 36.9 Å². The van der Waals surface area contributed by atoms with Crippen molar-refractivity contribution in [2.24, 2.45) is 5.92 Å². The quantitative estimate of drug-likeness (QED) is 0.912. The van der Waals surface area contributed by atoms with Crippen molar-refractivity contribution >= 4 is 11.6 Å². The van der Waals surface area contributed by atoms with E-state index in [0.717, 1.165) is 18.4 Å². The molecule has 1 heterocycles. The van der Waals surface area contributed by atoms with Crippen molar-refractivity contribution in [3.63, 3.8) is 0 Å². The summed E-state index contributed by atoms with van der Waals surface area (Å²) in [7, 11) is 0. The molecule has 0 saturated heterocycles. The molecule has 1 saturated carbocycles. The SMILES string of the molecule is OC(Cc1ccccc1Cl)(Cn1cncn1)C1CC1. The number of aromatic nitrogens is 3. The van der Waals surface area contributed by atoms with Gasteiger partial charge in [-0.15, -0.1) is 0 Å². The van der Waals surface area contributed by atoms with Crippen molar-refractivity contribution in [2.75, 3.05) is 0 Å². The molecule has 100 valence electrons. The first-order chi connectivity index (χ1) is 9.17. The molecule has 0 bridgehead atoms. The highest BCUT2D eigenvalue weighted by molar-refractivity contribution is 6.31. The van der Waals surface area contributed by atoms with E-state index in [9.17, 15) is 5.11 Å². The minimum atomic E-state index is -0.793. The molecule has 19 heavy (non-hydrogen) atoms. The first kappa shape index (κ1) is 12.6. The van der Waals surface area contributed by atoms with Crippen molar-refractivity contribution in [3.8, 4) is 0 Å². The summed E-state index contributed by atoms with van der Waals surface area (Å²) in [4.78, 5) is 3.93. The predicted octanol–water partition coefficient (Wildman–Crippen LogP) is 2.32. The lowest BCUT2D eigenvalue weighted by atomic mass is 9.89. The van der Waals surface area contributed by atoms with Crippen LogP contribution in [-0.4, -0.2) is 25.5 Å². The van der Waals surface area contributed by atoms with Gasteiger partial charge in [0, 0.05) is 11.4 Å². The lowest BCUT2D eigenvalue weighted by Gasteiger charge is -2.28. The standard InChI is InChI=1S/C14H16ClN3O/c15-13-4-2-1-3-11(13)7-14(19,12-5-6-12)8-18-10-16-9-17-18/h1-4,9-10,12,19H,5-8H2. The fourth-order valence-corrected chi connectivity index (χ4v) is 2.72. The van der Waals surface area contributed by atoms with E-state index in [1.54, 1.807) is 11.0 Å². The van der Waals surface area contributed by atoms with Gasteiger partial charge in [-0.3, -0.25) is 4.68 Å². The Kier molecular flexibility index (Phi) is 3.29. The van der Waals surface area contributed by atoms with E-state index in [1.165, 1.54) is 6.33 Å². The number of aliphatic hydroxyl groups is 1. The van der Waals surface area contributed by atoms with Crippen LogP contribution >= 0.6 is 11.6 Å². The normalized spacial score (nSPS) is 18.2. The zero-order valence-corrected chi connectivity index (χ0v) is 11.3. The van der Waals surface area contributed by atoms with E-state index in [-0.39, 0.29) is 0 Å². The first-order valence-corrected chi connectivity index (χ1v) is 6.83. The molecule has 3 rings (SSSR count). The maximum atomic E-state index is 11.0. The van der Waals surface area contributed by atoms with Crippen LogP contribution in [0.25, 0.3) is 0 Å². The van der Waals surface area contributed by atoms with Crippen molar-refractivity contribution in [3.05, 3.63) is 47.5 Å². The maximum absolute atomic E-state index is 11.0. The summed E-state index contributed by atoms with van der Waals surface area (Å²) < 4.78 is 1.69. The molecule has 0 aliphatic heterocycles. The summed E-state index contributed by atoms with van der Waals surface area (Å²) in [5.74, 6) is 0.327. The fourth-order valence-electron chi connectivity index (χ4n) is 2.52. The van der Waals surface area contributed by atoms with Gasteiger partial charge in [0.1, 0.15) is 12.7 Å². The van der Waals surface area contributed by atoms with Crippen molar-refractivity contribution in [1.29, 1.82) is 0 Å². The molecule has 0 radical (unpaired) electrons. The first-order valence-electron chi connectivity index (χ1n) is 6.45. The van der Waals surface area contributed by atoms with Gasteiger partial charge in [-0.2, -0.15) is 5.10 Å². The molecular weight excluding hydrogens is 262 g/mol. The van der Waals surface area contributed by atoms with Gasteiger partial charge < -0.3 is 5.11 Å². The topological polar surface area (TPSA) is 50.9 Å². The molecule has 1 N–H and O–H groups in total. The van der Waals surface area contributed by atoms with Crippen LogP contribution in [0.2, 0.25) is 5.02 Å². The van der Waals surface area contributed by atoms with Crippen LogP contribution in [0.4, 0.5) is 0 Å². The van der Waals surface area contributed by atoms with Gasteiger partial charge >= 0.3 is 0 Å². The summed E-state index contributed by atoms with van der Waals surface area (Å²) >= 11 is 6.19. The van der Waals surface area contributed by atoms with Gasteiger partial charge in [0.25, 0.3) is 0 Å². The molecule has 1 unspecified atom stereocenters. The Bertz CT molecular complexity index is 554. The molecule has 1 aromatic carbocycles. The largest absolute Gasteiger partial charge is 0.387 e. The zero-order chi connectivity index (χ0) is 13.3. The van der Waals surface area contributed by atoms with E-state index in [0.29, 0.717) is 23.9 Å². The Labute approximate surface area is 117 Å². The molecule has 1 fully saturated rings. The van der Waals surface area contributed by atoms with E-state index in [4.69, 9.17) is 11.6 Å². The van der Waals surface area contributed by atoms with Crippen LogP contribution in [0.3, 0.4) is 0 Å². The monoisotopic (exact) mass is 277 g/mol. The molecule has 0 spiro atoms. The van der Waals surface area contributed by atoms with E-state index >= 15 is 0 Å². The number of benzene rings is 1. The van der Waals surface area contributed by atoms with Gasteiger partial charge in [-0.05, 0) is 30.4 Å². The number of hydrogen-bond acceptors (Lipinski definition) is 3. The third-order valence-electron chi connectivity index (χ3n) is 3.69. The highest BCUT2D eigenvalue weighted by Gasteiger charge is 2.44. The van der Waals surface area contributed by atoms with E-state index < -0.39 is 5.60 Å². The third kappa shape index (κ3) is 2.80. The number of nitrogens with zero attached hydrogens (tertiary/aromatic N) is 3. The fraction of sp³-hybridized carbons (Fsp3) is 0.429. The smallest absolute Gasteiger partial charge is 0.137 e. The number of hydrogen-bond donors (Lipinski definition) is 1. The van der Waals surface area contributed by atoms with Crippen LogP contribution in [0.5, 0.6) is 0 Å². The van der Waals surface area contributed by atoms with Gasteiger partial charge in [0.2, 0.25) is 0 Å². The van der Waals surface area contributed by atoms with Crippen LogP contribution in [0.1, 0.15) is 18.4 Å². The molecule has 2 aromatic rings. The number of rotatable bonds is 5. The molecular formula is C14H16ClN3O. The maximum Gasteiger partial charge on any atom is 0.137 e. The molecule has 1 aliphatic carbocycles. The highest BCUT2D eigenvalue weighted by atomic mass is 35.5. The van der Waals surface area contributed by atoms with Crippen molar-refractivity contribution in [2.45, 2.75) is 31.4 Å². The van der Waals surface area contributed by atoms with Gasteiger partial charge in [-0.1, -0.05) is 29.8 Å². The van der Waals surface area contributed by atoms with Crippen LogP contribution < -0.4 is 0 Å². The second-order valence-corrected chi connectivity index (χ2v) is 5.65. The van der Waals surface area contributed by atoms with Gasteiger partial charge in [0.15, 0.2) is 0 Å². The van der Waals surface area contributed by atoms with Gasteiger partial charge in [-0.25, -0.2) is 4.98 Å². The summed E-state index contributed by atoms with van der Waals surface area (Å²) in [6.07, 6.45) is 5.81. The number of halogens is 1. The van der Waals surface area contributed by atoms with Crippen LogP contribution in [0, 0.1) is 5.92 Å². The Morgan fingerprint density at radius 3 is 2.79 bits per heavy atom. The second-order valence-electron chi connectivity index (χ2n) is 5.24. The zero-order valence-electron chi connectivity index (χ0n) is 10.5. The van der Waals surface area contributed by atoms with Crippen LogP contribution in [-0.2, 0) is 13.0 Å². The molecule has 1 atom stereocenters. The Hall–Kier alpha value is -1.39. The van der Waals surface area contributed by atoms with Gasteiger partial charge in [0.05, 0.1) is 12.1 Å². The minimum Gasteiger partial charge on any atom is -0.387 e. The Morgan fingerprint density at radius 1 is 1.37 bits per heavy atom. The lowest BCUT2D eigenvalue weighted by Crippen LogP contribution is -2.39. The Morgan fingerprint density at radius 2 is 2.16 bits per heavy atom. The third-order valence-corrected chi connectivity index (χ3v) is 4.06. The summed E-state index contributed by atoms with van der Waals surface area (Å²) in [6, 6.07) is 7.68. The predicted molar refractivity (Wildman–Crippen MR) is 72.9 cm³/mol. The van der Waals surface area contributed by atoms with Crippen molar-refractivity contribution in [1.82, 2.24) is 14.8 Å². The summed E-state index contributed by atoms with van der Waals surface area (Å²) in [5, 5.41) is 15.7. The minimum absolute atomic E-state index is 0.327. The lowest BCUT2D eigenvalue weighted by molar-refractivity contribution is -0.00227. The average Bonchev–Trinajstić information content (AvgIpc) is 3.14. The molecule has 4 nitrogen and oxygen atoms in total. The second kappa shape index (κ2) is 4.94.